The Morgan fingerprint density at radius 3 is 2.83 bits per heavy atom. The van der Waals surface area contributed by atoms with E-state index in [9.17, 15) is 4.79 Å². The molecular weight excluding hydrogens is 377 g/mol. The molecule has 1 aliphatic rings. The van der Waals surface area contributed by atoms with Crippen LogP contribution >= 0.6 is 46.1 Å². The number of hydrogen-bond donors (Lipinski definition) is 0. The van der Waals surface area contributed by atoms with Gasteiger partial charge in [0.25, 0.3) is 5.91 Å². The summed E-state index contributed by atoms with van der Waals surface area (Å²) in [6.45, 7) is 4.78. The Balaban J connectivity index is 1.93. The Morgan fingerprint density at radius 2 is 2.17 bits per heavy atom. The van der Waals surface area contributed by atoms with E-state index >= 15 is 0 Å². The third kappa shape index (κ3) is 3.47. The maximum Gasteiger partial charge on any atom is 0.265 e. The average molecular weight is 393 g/mol. The molecule has 1 fully saturated rings. The van der Waals surface area contributed by atoms with E-state index in [0.717, 1.165) is 17.7 Å². The lowest BCUT2D eigenvalue weighted by Crippen LogP contribution is -2.35. The number of ether oxygens (including phenoxy) is 1. The lowest BCUT2D eigenvalue weighted by Gasteiger charge is -2.23. The largest absolute Gasteiger partial charge is 0.381 e. The predicted octanol–water partition coefficient (Wildman–Crippen LogP) is 5.36. The van der Waals surface area contributed by atoms with Crippen LogP contribution in [0.25, 0.3) is 10.1 Å². The lowest BCUT2D eigenvalue weighted by atomic mass is 10.1. The minimum atomic E-state index is -0.0576. The second-order valence-electron chi connectivity index (χ2n) is 5.58. The van der Waals surface area contributed by atoms with Gasteiger partial charge in [-0.1, -0.05) is 34.8 Å². The molecule has 1 saturated heterocycles. The highest BCUT2D eigenvalue weighted by Gasteiger charge is 2.26. The molecule has 1 aliphatic heterocycles. The van der Waals surface area contributed by atoms with Crippen molar-refractivity contribution < 1.29 is 9.53 Å². The summed E-state index contributed by atoms with van der Waals surface area (Å²) in [4.78, 5) is 15.2. The molecule has 1 amide bonds. The number of rotatable bonds is 4. The number of amides is 1. The van der Waals surface area contributed by atoms with Gasteiger partial charge in [-0.15, -0.1) is 11.3 Å². The van der Waals surface area contributed by atoms with Gasteiger partial charge in [-0.25, -0.2) is 0 Å². The molecule has 0 N–H and O–H groups in total. The van der Waals surface area contributed by atoms with E-state index in [1.807, 2.05) is 11.8 Å². The summed E-state index contributed by atoms with van der Waals surface area (Å²) in [7, 11) is 0. The number of benzene rings is 1. The van der Waals surface area contributed by atoms with Crippen LogP contribution in [0, 0.1) is 5.92 Å². The molecule has 7 heteroatoms. The maximum atomic E-state index is 12.9. The summed E-state index contributed by atoms with van der Waals surface area (Å²) in [6, 6.07) is 3.43. The summed E-state index contributed by atoms with van der Waals surface area (Å²) in [5.74, 6) is 0.336. The van der Waals surface area contributed by atoms with E-state index in [4.69, 9.17) is 39.5 Å². The van der Waals surface area contributed by atoms with Crippen LogP contribution in [0.2, 0.25) is 15.1 Å². The molecule has 3 rings (SSSR count). The Labute approximate surface area is 154 Å². The maximum absolute atomic E-state index is 12.9. The molecule has 0 bridgehead atoms. The predicted molar refractivity (Wildman–Crippen MR) is 97.4 cm³/mol. The highest BCUT2D eigenvalue weighted by Crippen LogP contribution is 2.41. The number of carbonyl (C=O) groups is 1. The number of carbonyl (C=O) groups excluding carboxylic acids is 1. The molecule has 1 aromatic carbocycles. The van der Waals surface area contributed by atoms with Crippen LogP contribution in [0.4, 0.5) is 0 Å². The van der Waals surface area contributed by atoms with Crippen LogP contribution in [0.3, 0.4) is 0 Å². The van der Waals surface area contributed by atoms with Gasteiger partial charge in [-0.05, 0) is 25.5 Å². The minimum Gasteiger partial charge on any atom is -0.381 e. The van der Waals surface area contributed by atoms with Crippen molar-refractivity contribution in [2.24, 2.45) is 5.92 Å². The van der Waals surface area contributed by atoms with Gasteiger partial charge in [0.1, 0.15) is 4.88 Å². The smallest absolute Gasteiger partial charge is 0.265 e. The van der Waals surface area contributed by atoms with Gasteiger partial charge in [-0.3, -0.25) is 4.79 Å². The van der Waals surface area contributed by atoms with Crippen molar-refractivity contribution >= 4 is 62.1 Å². The van der Waals surface area contributed by atoms with Gasteiger partial charge < -0.3 is 9.64 Å². The molecule has 0 spiro atoms. The Hall–Kier alpha value is -0.520. The second kappa shape index (κ2) is 7.16. The number of fused-ring (bicyclic) bond motifs is 1. The summed E-state index contributed by atoms with van der Waals surface area (Å²) >= 11 is 20.0. The van der Waals surface area contributed by atoms with Gasteiger partial charge in [0, 0.05) is 40.7 Å². The van der Waals surface area contributed by atoms with Crippen molar-refractivity contribution in [1.29, 1.82) is 0 Å². The second-order valence-corrected chi connectivity index (χ2v) is 7.85. The fourth-order valence-corrected chi connectivity index (χ4v) is 5.13. The van der Waals surface area contributed by atoms with E-state index in [0.29, 0.717) is 50.9 Å². The molecule has 0 saturated carbocycles. The van der Waals surface area contributed by atoms with E-state index in [2.05, 4.69) is 0 Å². The molecule has 0 aliphatic carbocycles. The van der Waals surface area contributed by atoms with Crippen LogP contribution in [0.1, 0.15) is 23.0 Å². The Kier molecular flexibility index (Phi) is 5.39. The Bertz CT molecular complexity index is 740. The number of thiophene rings is 1. The van der Waals surface area contributed by atoms with E-state index in [1.165, 1.54) is 11.3 Å². The zero-order valence-electron chi connectivity index (χ0n) is 12.6. The van der Waals surface area contributed by atoms with Crippen molar-refractivity contribution in [1.82, 2.24) is 4.90 Å². The average Bonchev–Trinajstić information content (AvgIpc) is 3.12. The molecular formula is C16H16Cl3NO2S. The van der Waals surface area contributed by atoms with Crippen LogP contribution in [-0.4, -0.2) is 37.1 Å². The van der Waals surface area contributed by atoms with Crippen LogP contribution < -0.4 is 0 Å². The third-order valence-corrected chi connectivity index (χ3v) is 6.15. The first-order chi connectivity index (χ1) is 11.0. The summed E-state index contributed by atoms with van der Waals surface area (Å²) in [6.07, 6.45) is 0.991. The highest BCUT2D eigenvalue weighted by atomic mass is 35.5. The zero-order valence-corrected chi connectivity index (χ0v) is 15.7. The van der Waals surface area contributed by atoms with Gasteiger partial charge >= 0.3 is 0 Å². The molecule has 2 heterocycles. The normalized spacial score (nSPS) is 17.8. The SMILES string of the molecule is CCN(CC1CCOC1)C(=O)c1sc2cc(Cl)cc(Cl)c2c1Cl. The quantitative estimate of drug-likeness (QED) is 0.701. The van der Waals surface area contributed by atoms with Crippen molar-refractivity contribution in [3.8, 4) is 0 Å². The fraction of sp³-hybridized carbons (Fsp3) is 0.438. The van der Waals surface area contributed by atoms with Crippen molar-refractivity contribution in [2.75, 3.05) is 26.3 Å². The fourth-order valence-electron chi connectivity index (χ4n) is 2.79. The number of hydrogen-bond acceptors (Lipinski definition) is 3. The number of halogens is 3. The van der Waals surface area contributed by atoms with Crippen molar-refractivity contribution in [3.05, 3.63) is 32.1 Å². The van der Waals surface area contributed by atoms with Gasteiger partial charge in [0.05, 0.1) is 16.7 Å². The molecule has 3 nitrogen and oxygen atoms in total. The monoisotopic (exact) mass is 391 g/mol. The topological polar surface area (TPSA) is 29.5 Å². The first-order valence-electron chi connectivity index (χ1n) is 7.45. The summed E-state index contributed by atoms with van der Waals surface area (Å²) in [5, 5.41) is 2.12. The van der Waals surface area contributed by atoms with E-state index in [1.54, 1.807) is 12.1 Å². The van der Waals surface area contributed by atoms with Crippen LogP contribution in [0.5, 0.6) is 0 Å². The van der Waals surface area contributed by atoms with Crippen LogP contribution in [0.15, 0.2) is 12.1 Å². The van der Waals surface area contributed by atoms with Crippen LogP contribution in [-0.2, 0) is 4.74 Å². The van der Waals surface area contributed by atoms with E-state index in [-0.39, 0.29) is 5.91 Å². The highest BCUT2D eigenvalue weighted by molar-refractivity contribution is 7.21. The molecule has 124 valence electrons. The van der Waals surface area contributed by atoms with Crippen molar-refractivity contribution in [2.45, 2.75) is 13.3 Å². The number of nitrogens with zero attached hydrogens (tertiary/aromatic N) is 1. The lowest BCUT2D eigenvalue weighted by molar-refractivity contribution is 0.0736. The molecule has 0 radical (unpaired) electrons. The zero-order chi connectivity index (χ0) is 16.6. The molecule has 1 unspecified atom stereocenters. The van der Waals surface area contributed by atoms with E-state index < -0.39 is 0 Å². The molecule has 1 atom stereocenters. The minimum absolute atomic E-state index is 0.0576. The summed E-state index contributed by atoms with van der Waals surface area (Å²) in [5.41, 5.74) is 0. The van der Waals surface area contributed by atoms with Gasteiger partial charge in [-0.2, -0.15) is 0 Å². The first-order valence-corrected chi connectivity index (χ1v) is 9.40. The molecule has 1 aromatic heterocycles. The third-order valence-electron chi connectivity index (χ3n) is 4.02. The Morgan fingerprint density at radius 1 is 1.39 bits per heavy atom. The summed E-state index contributed by atoms with van der Waals surface area (Å²) < 4.78 is 6.22. The van der Waals surface area contributed by atoms with Gasteiger partial charge in [0.15, 0.2) is 0 Å². The standard InChI is InChI=1S/C16H16Cl3NO2S/c1-2-20(7-9-3-4-22-8-9)16(21)15-14(19)13-11(18)5-10(17)6-12(13)23-15/h5-6,9H,2-4,7-8H2,1H3. The molecule has 23 heavy (non-hydrogen) atoms. The van der Waals surface area contributed by atoms with Crippen molar-refractivity contribution in [3.63, 3.8) is 0 Å². The van der Waals surface area contributed by atoms with Gasteiger partial charge in [0.2, 0.25) is 0 Å². The first kappa shape index (κ1) is 17.3. The molecule has 2 aromatic rings.